The largest absolute Gasteiger partial charge is 0.481 e. The van der Waals surface area contributed by atoms with Crippen LogP contribution in [0.25, 0.3) is 0 Å². The molecule has 2 nitrogen and oxygen atoms in total. The van der Waals surface area contributed by atoms with Crippen LogP contribution in [-0.2, 0) is 6.54 Å². The molecule has 21 heavy (non-hydrogen) atoms. The second-order valence-electron chi connectivity index (χ2n) is 4.56. The van der Waals surface area contributed by atoms with Gasteiger partial charge in [-0.1, -0.05) is 37.8 Å². The van der Waals surface area contributed by atoms with Crippen LogP contribution in [0.3, 0.4) is 0 Å². The molecule has 0 amide bonds. The highest BCUT2D eigenvalue weighted by Crippen LogP contribution is 2.26. The van der Waals surface area contributed by atoms with E-state index in [2.05, 4.69) is 62.2 Å². The fourth-order valence-corrected chi connectivity index (χ4v) is 2.85. The van der Waals surface area contributed by atoms with Crippen molar-refractivity contribution in [2.24, 2.45) is 0 Å². The van der Waals surface area contributed by atoms with Crippen LogP contribution in [0.15, 0.2) is 45.3 Å². The second-order valence-corrected chi connectivity index (χ2v) is 6.39. The first kappa shape index (κ1) is 15.9. The fourth-order valence-electron chi connectivity index (χ4n) is 1.96. The standard InChI is InChI=1S/C17H15Br2NO/c1-3-8-21-17-7-5-15(19)10-13(17)11-20-16-6-4-14(18)9-12(16)2/h1,4-7,9-10,20H,8,11H2,2H3. The van der Waals surface area contributed by atoms with Crippen LogP contribution in [0.2, 0.25) is 0 Å². The van der Waals surface area contributed by atoms with Crippen molar-refractivity contribution in [3.05, 3.63) is 56.5 Å². The van der Waals surface area contributed by atoms with Gasteiger partial charge < -0.3 is 10.1 Å². The number of halogens is 2. The smallest absolute Gasteiger partial charge is 0.148 e. The van der Waals surface area contributed by atoms with Gasteiger partial charge in [0.1, 0.15) is 12.4 Å². The van der Waals surface area contributed by atoms with Gasteiger partial charge in [-0.2, -0.15) is 0 Å². The van der Waals surface area contributed by atoms with E-state index < -0.39 is 0 Å². The molecule has 0 aromatic heterocycles. The van der Waals surface area contributed by atoms with Gasteiger partial charge in [0.15, 0.2) is 0 Å². The van der Waals surface area contributed by atoms with Crippen LogP contribution in [0.1, 0.15) is 11.1 Å². The summed E-state index contributed by atoms with van der Waals surface area (Å²) in [5.74, 6) is 3.29. The molecule has 1 N–H and O–H groups in total. The molecule has 0 aliphatic rings. The van der Waals surface area contributed by atoms with Crippen molar-refractivity contribution in [2.45, 2.75) is 13.5 Å². The van der Waals surface area contributed by atoms with Crippen molar-refractivity contribution >= 4 is 37.5 Å². The summed E-state index contributed by atoms with van der Waals surface area (Å²) in [6, 6.07) is 12.1. The first-order valence-electron chi connectivity index (χ1n) is 6.45. The number of aryl methyl sites for hydroxylation is 1. The van der Waals surface area contributed by atoms with Crippen molar-refractivity contribution in [3.8, 4) is 18.1 Å². The summed E-state index contributed by atoms with van der Waals surface area (Å²) in [6.45, 7) is 3.01. The number of rotatable bonds is 5. The molecule has 0 aliphatic carbocycles. The number of ether oxygens (including phenoxy) is 1. The molecule has 4 heteroatoms. The number of terminal acetylenes is 1. The molecule has 2 rings (SSSR count). The average molecular weight is 409 g/mol. The molecule has 0 aliphatic heterocycles. The van der Waals surface area contributed by atoms with E-state index in [4.69, 9.17) is 11.2 Å². The highest BCUT2D eigenvalue weighted by Gasteiger charge is 2.06. The summed E-state index contributed by atoms with van der Waals surface area (Å²) in [5.41, 5.74) is 3.34. The Balaban J connectivity index is 2.15. The van der Waals surface area contributed by atoms with E-state index >= 15 is 0 Å². The summed E-state index contributed by atoms with van der Waals surface area (Å²) >= 11 is 6.95. The van der Waals surface area contributed by atoms with Gasteiger partial charge in [-0.3, -0.25) is 0 Å². The summed E-state index contributed by atoms with van der Waals surface area (Å²) in [7, 11) is 0. The summed E-state index contributed by atoms with van der Waals surface area (Å²) in [4.78, 5) is 0. The summed E-state index contributed by atoms with van der Waals surface area (Å²) < 4.78 is 7.66. The van der Waals surface area contributed by atoms with Gasteiger partial charge in [-0.15, -0.1) is 6.42 Å². The van der Waals surface area contributed by atoms with Crippen LogP contribution in [-0.4, -0.2) is 6.61 Å². The number of benzene rings is 2. The Morgan fingerprint density at radius 1 is 1.14 bits per heavy atom. The van der Waals surface area contributed by atoms with Gasteiger partial charge in [0.2, 0.25) is 0 Å². The molecular formula is C17H15Br2NO. The minimum absolute atomic E-state index is 0.270. The lowest BCUT2D eigenvalue weighted by Gasteiger charge is -2.13. The molecule has 0 atom stereocenters. The first-order valence-corrected chi connectivity index (χ1v) is 8.03. The van der Waals surface area contributed by atoms with E-state index in [-0.39, 0.29) is 6.61 Å². The third kappa shape index (κ3) is 4.52. The molecule has 0 bridgehead atoms. The number of hydrogen-bond acceptors (Lipinski definition) is 2. The molecule has 2 aromatic carbocycles. The normalized spacial score (nSPS) is 10.0. The maximum Gasteiger partial charge on any atom is 0.148 e. The quantitative estimate of drug-likeness (QED) is 0.691. The monoisotopic (exact) mass is 407 g/mol. The van der Waals surface area contributed by atoms with Gasteiger partial charge in [-0.05, 0) is 48.9 Å². The molecule has 0 heterocycles. The summed E-state index contributed by atoms with van der Waals surface area (Å²) in [6.07, 6.45) is 5.25. The highest BCUT2D eigenvalue weighted by molar-refractivity contribution is 9.10. The molecule has 0 fully saturated rings. The van der Waals surface area contributed by atoms with Crippen LogP contribution >= 0.6 is 31.9 Å². The summed E-state index contributed by atoms with van der Waals surface area (Å²) in [5, 5.41) is 3.43. The maximum atomic E-state index is 5.57. The Bertz CT molecular complexity index is 677. The van der Waals surface area contributed by atoms with Gasteiger partial charge in [-0.25, -0.2) is 0 Å². The molecule has 0 radical (unpaired) electrons. The average Bonchev–Trinajstić information content (AvgIpc) is 2.45. The number of nitrogens with one attached hydrogen (secondary N) is 1. The molecule has 108 valence electrons. The van der Waals surface area contributed by atoms with Crippen molar-refractivity contribution in [1.29, 1.82) is 0 Å². The lowest BCUT2D eigenvalue weighted by atomic mass is 10.1. The molecule has 0 unspecified atom stereocenters. The van der Waals surface area contributed by atoms with Crippen LogP contribution in [0.4, 0.5) is 5.69 Å². The molecular weight excluding hydrogens is 394 g/mol. The maximum absolute atomic E-state index is 5.57. The van der Waals surface area contributed by atoms with Crippen LogP contribution < -0.4 is 10.1 Å². The topological polar surface area (TPSA) is 21.3 Å². The Labute approximate surface area is 142 Å². The zero-order valence-corrected chi connectivity index (χ0v) is 14.8. The Hall–Kier alpha value is -1.44. The van der Waals surface area contributed by atoms with Gasteiger partial charge in [0.05, 0.1) is 0 Å². The number of hydrogen-bond donors (Lipinski definition) is 1. The fraction of sp³-hybridized carbons (Fsp3) is 0.176. The van der Waals surface area contributed by atoms with E-state index in [1.807, 2.05) is 24.3 Å². The SMILES string of the molecule is C#CCOc1ccc(Br)cc1CNc1ccc(Br)cc1C. The lowest BCUT2D eigenvalue weighted by Crippen LogP contribution is -2.04. The minimum Gasteiger partial charge on any atom is -0.481 e. The van der Waals surface area contributed by atoms with E-state index in [9.17, 15) is 0 Å². The minimum atomic E-state index is 0.270. The number of anilines is 1. The van der Waals surface area contributed by atoms with Gasteiger partial charge >= 0.3 is 0 Å². The van der Waals surface area contributed by atoms with E-state index in [1.165, 1.54) is 5.56 Å². The van der Waals surface area contributed by atoms with Crippen LogP contribution in [0.5, 0.6) is 5.75 Å². The van der Waals surface area contributed by atoms with Crippen molar-refractivity contribution in [2.75, 3.05) is 11.9 Å². The van der Waals surface area contributed by atoms with Crippen molar-refractivity contribution < 1.29 is 4.74 Å². The second kappa shape index (κ2) is 7.53. The van der Waals surface area contributed by atoms with Gasteiger partial charge in [0.25, 0.3) is 0 Å². The zero-order valence-electron chi connectivity index (χ0n) is 11.6. The molecule has 0 saturated heterocycles. The van der Waals surface area contributed by atoms with E-state index in [0.29, 0.717) is 6.54 Å². The molecule has 0 saturated carbocycles. The van der Waals surface area contributed by atoms with Gasteiger partial charge in [0, 0.05) is 26.7 Å². The predicted octanol–water partition coefficient (Wildman–Crippen LogP) is 5.14. The lowest BCUT2D eigenvalue weighted by molar-refractivity contribution is 0.366. The molecule has 2 aromatic rings. The zero-order chi connectivity index (χ0) is 15.2. The molecule has 0 spiro atoms. The van der Waals surface area contributed by atoms with Crippen molar-refractivity contribution in [3.63, 3.8) is 0 Å². The Morgan fingerprint density at radius 2 is 1.86 bits per heavy atom. The third-order valence-corrected chi connectivity index (χ3v) is 3.98. The Kier molecular flexibility index (Phi) is 5.72. The highest BCUT2D eigenvalue weighted by atomic mass is 79.9. The van der Waals surface area contributed by atoms with Crippen LogP contribution in [0, 0.1) is 19.3 Å². The first-order chi connectivity index (χ1) is 10.1. The van der Waals surface area contributed by atoms with Crippen molar-refractivity contribution in [1.82, 2.24) is 0 Å². The predicted molar refractivity (Wildman–Crippen MR) is 94.7 cm³/mol. The van der Waals surface area contributed by atoms with E-state index in [1.54, 1.807) is 0 Å². The third-order valence-electron chi connectivity index (χ3n) is 2.99. The van der Waals surface area contributed by atoms with E-state index in [0.717, 1.165) is 25.9 Å². The Morgan fingerprint density at radius 3 is 2.57 bits per heavy atom.